The Balaban J connectivity index is 1.70. The minimum atomic E-state index is -0.442. The molecule has 0 spiro atoms. The van der Waals surface area contributed by atoms with Gasteiger partial charge in [0.15, 0.2) is 6.61 Å². The highest BCUT2D eigenvalue weighted by Crippen LogP contribution is 2.31. The maximum absolute atomic E-state index is 12.0. The van der Waals surface area contributed by atoms with E-state index in [-0.39, 0.29) is 12.3 Å². The van der Waals surface area contributed by atoms with E-state index in [9.17, 15) is 14.9 Å². The van der Waals surface area contributed by atoms with Gasteiger partial charge < -0.3 is 9.64 Å². The van der Waals surface area contributed by atoms with Crippen LogP contribution in [-0.2, 0) is 4.79 Å². The first-order valence-corrected chi connectivity index (χ1v) is 10.6. The molecule has 1 heterocycles. The molecule has 0 radical (unpaired) electrons. The molecule has 1 amide bonds. The summed E-state index contributed by atoms with van der Waals surface area (Å²) in [6.07, 6.45) is 5.77. The number of benzene rings is 2. The zero-order chi connectivity index (χ0) is 22.2. The predicted molar refractivity (Wildman–Crippen MR) is 121 cm³/mol. The Morgan fingerprint density at radius 3 is 2.81 bits per heavy atom. The van der Waals surface area contributed by atoms with Crippen LogP contribution in [0.2, 0.25) is 5.02 Å². The normalized spacial score (nSPS) is 16.3. The number of hydrogen-bond acceptors (Lipinski definition) is 6. The molecule has 1 atom stereocenters. The van der Waals surface area contributed by atoms with E-state index >= 15 is 0 Å². The van der Waals surface area contributed by atoms with Crippen molar-refractivity contribution in [2.75, 3.05) is 18.1 Å². The number of nitro benzene ring substituents is 1. The SMILES string of the molecule is CCC1CCCCN1c1ccc([N+](=O)[O-])cc1C=NNC(=O)COc1ccc(Cl)cc1. The Labute approximate surface area is 186 Å². The minimum Gasteiger partial charge on any atom is -0.484 e. The number of halogens is 1. The van der Waals surface area contributed by atoms with E-state index in [4.69, 9.17) is 16.3 Å². The molecule has 0 bridgehead atoms. The van der Waals surface area contributed by atoms with Crippen LogP contribution in [0.1, 0.15) is 38.2 Å². The van der Waals surface area contributed by atoms with Gasteiger partial charge in [0.25, 0.3) is 11.6 Å². The average molecular weight is 445 g/mol. The molecular weight excluding hydrogens is 420 g/mol. The number of hydrazone groups is 1. The van der Waals surface area contributed by atoms with Crippen LogP contribution < -0.4 is 15.1 Å². The number of nitrogens with zero attached hydrogens (tertiary/aromatic N) is 3. The summed E-state index contributed by atoms with van der Waals surface area (Å²) in [4.78, 5) is 25.1. The fourth-order valence-corrected chi connectivity index (χ4v) is 3.77. The number of hydrogen-bond donors (Lipinski definition) is 1. The van der Waals surface area contributed by atoms with Crippen LogP contribution >= 0.6 is 11.6 Å². The van der Waals surface area contributed by atoms with Gasteiger partial charge in [0.1, 0.15) is 5.75 Å². The van der Waals surface area contributed by atoms with Crippen molar-refractivity contribution in [1.29, 1.82) is 0 Å². The monoisotopic (exact) mass is 444 g/mol. The zero-order valence-corrected chi connectivity index (χ0v) is 18.0. The summed E-state index contributed by atoms with van der Waals surface area (Å²) in [7, 11) is 0. The third-order valence-electron chi connectivity index (χ3n) is 5.21. The first-order valence-electron chi connectivity index (χ1n) is 10.2. The van der Waals surface area contributed by atoms with Crippen LogP contribution in [-0.4, -0.2) is 36.2 Å². The third-order valence-corrected chi connectivity index (χ3v) is 5.46. The summed E-state index contributed by atoms with van der Waals surface area (Å²) in [5.74, 6) is 0.0720. The lowest BCUT2D eigenvalue weighted by Crippen LogP contribution is -2.39. The van der Waals surface area contributed by atoms with Crippen LogP contribution in [0.5, 0.6) is 5.75 Å². The highest BCUT2D eigenvalue weighted by Gasteiger charge is 2.24. The van der Waals surface area contributed by atoms with Crippen molar-refractivity contribution in [2.24, 2.45) is 5.10 Å². The van der Waals surface area contributed by atoms with Crippen molar-refractivity contribution in [3.8, 4) is 5.75 Å². The second-order valence-electron chi connectivity index (χ2n) is 7.29. The van der Waals surface area contributed by atoms with Gasteiger partial charge >= 0.3 is 0 Å². The number of piperidine rings is 1. The van der Waals surface area contributed by atoms with E-state index < -0.39 is 10.8 Å². The summed E-state index contributed by atoms with van der Waals surface area (Å²) in [5.41, 5.74) is 3.86. The van der Waals surface area contributed by atoms with E-state index in [1.807, 2.05) is 0 Å². The number of nitro groups is 1. The van der Waals surface area contributed by atoms with Crippen molar-refractivity contribution < 1.29 is 14.5 Å². The van der Waals surface area contributed by atoms with Gasteiger partial charge in [0.2, 0.25) is 0 Å². The fraction of sp³-hybridized carbons (Fsp3) is 0.364. The third kappa shape index (κ3) is 6.18. The number of anilines is 1. The molecule has 0 saturated carbocycles. The quantitative estimate of drug-likeness (QED) is 0.366. The molecule has 1 N–H and O–H groups in total. The Hall–Kier alpha value is -3.13. The highest BCUT2D eigenvalue weighted by atomic mass is 35.5. The molecule has 164 valence electrons. The van der Waals surface area contributed by atoms with Gasteiger partial charge in [-0.1, -0.05) is 18.5 Å². The molecule has 1 aliphatic heterocycles. The summed E-state index contributed by atoms with van der Waals surface area (Å²) in [5, 5.41) is 15.8. The standard InChI is InChI=1S/C22H25ClN4O4/c1-2-18-5-3-4-12-26(18)21-11-8-19(27(29)30)13-16(21)14-24-25-22(28)15-31-20-9-6-17(23)7-10-20/h6-11,13-14,18H,2-5,12,15H2,1H3,(H,25,28). The highest BCUT2D eigenvalue weighted by molar-refractivity contribution is 6.30. The molecular formula is C22H25ClN4O4. The average Bonchev–Trinajstić information content (AvgIpc) is 2.78. The number of carbonyl (C=O) groups is 1. The second kappa shape index (κ2) is 10.8. The van der Waals surface area contributed by atoms with Crippen molar-refractivity contribution >= 4 is 35.1 Å². The molecule has 9 heteroatoms. The molecule has 3 rings (SSSR count). The first-order chi connectivity index (χ1) is 15.0. The van der Waals surface area contributed by atoms with Crippen LogP contribution in [0.25, 0.3) is 0 Å². The van der Waals surface area contributed by atoms with E-state index in [1.165, 1.54) is 24.8 Å². The first kappa shape index (κ1) is 22.6. The molecule has 0 aromatic heterocycles. The van der Waals surface area contributed by atoms with E-state index in [0.29, 0.717) is 22.4 Å². The van der Waals surface area contributed by atoms with E-state index in [2.05, 4.69) is 22.4 Å². The number of rotatable bonds is 8. The molecule has 1 fully saturated rings. The molecule has 1 saturated heterocycles. The number of nitrogens with one attached hydrogen (secondary N) is 1. The van der Waals surface area contributed by atoms with Crippen LogP contribution in [0, 0.1) is 10.1 Å². The Bertz CT molecular complexity index is 949. The largest absolute Gasteiger partial charge is 0.484 e. The summed E-state index contributed by atoms with van der Waals surface area (Å²) in [6, 6.07) is 11.8. The fourth-order valence-electron chi connectivity index (χ4n) is 3.65. The molecule has 31 heavy (non-hydrogen) atoms. The van der Waals surface area contributed by atoms with Gasteiger partial charge in [-0.25, -0.2) is 5.43 Å². The summed E-state index contributed by atoms with van der Waals surface area (Å²) in [6.45, 7) is 2.81. The number of non-ortho nitro benzene ring substituents is 1. The van der Waals surface area contributed by atoms with Gasteiger partial charge in [-0.3, -0.25) is 14.9 Å². The lowest BCUT2D eigenvalue weighted by Gasteiger charge is -2.38. The Morgan fingerprint density at radius 2 is 2.10 bits per heavy atom. The van der Waals surface area contributed by atoms with Crippen molar-refractivity contribution in [1.82, 2.24) is 5.43 Å². The van der Waals surface area contributed by atoms with Gasteiger partial charge in [0.05, 0.1) is 11.1 Å². The molecule has 0 aliphatic carbocycles. The Morgan fingerprint density at radius 1 is 1.32 bits per heavy atom. The Kier molecular flexibility index (Phi) is 7.83. The zero-order valence-electron chi connectivity index (χ0n) is 17.3. The van der Waals surface area contributed by atoms with Crippen molar-refractivity contribution in [2.45, 2.75) is 38.6 Å². The molecule has 1 aliphatic rings. The maximum atomic E-state index is 12.0. The maximum Gasteiger partial charge on any atom is 0.277 e. The van der Waals surface area contributed by atoms with Gasteiger partial charge in [-0.05, 0) is 56.0 Å². The van der Waals surface area contributed by atoms with E-state index in [0.717, 1.165) is 31.5 Å². The van der Waals surface area contributed by atoms with Crippen molar-refractivity contribution in [3.63, 3.8) is 0 Å². The molecule has 2 aromatic rings. The summed E-state index contributed by atoms with van der Waals surface area (Å²) < 4.78 is 5.38. The van der Waals surface area contributed by atoms with Gasteiger partial charge in [-0.15, -0.1) is 0 Å². The van der Waals surface area contributed by atoms with Crippen LogP contribution in [0.4, 0.5) is 11.4 Å². The number of carbonyl (C=O) groups excluding carboxylic acids is 1. The van der Waals surface area contributed by atoms with Crippen molar-refractivity contribution in [3.05, 3.63) is 63.2 Å². The smallest absolute Gasteiger partial charge is 0.277 e. The van der Waals surface area contributed by atoms with E-state index in [1.54, 1.807) is 30.3 Å². The van der Waals surface area contributed by atoms with Gasteiger partial charge in [-0.2, -0.15) is 5.10 Å². The molecule has 1 unspecified atom stereocenters. The number of ether oxygens (including phenoxy) is 1. The predicted octanol–water partition coefficient (Wildman–Crippen LogP) is 4.55. The topological polar surface area (TPSA) is 97.1 Å². The van der Waals surface area contributed by atoms with Crippen LogP contribution in [0.3, 0.4) is 0 Å². The lowest BCUT2D eigenvalue weighted by atomic mass is 9.98. The van der Waals surface area contributed by atoms with Crippen LogP contribution in [0.15, 0.2) is 47.6 Å². The molecule has 8 nitrogen and oxygen atoms in total. The second-order valence-corrected chi connectivity index (χ2v) is 7.72. The molecule has 2 aromatic carbocycles. The minimum absolute atomic E-state index is 0.0207. The number of amides is 1. The lowest BCUT2D eigenvalue weighted by molar-refractivity contribution is -0.384. The summed E-state index contributed by atoms with van der Waals surface area (Å²) >= 11 is 5.82. The van der Waals surface area contributed by atoms with Gasteiger partial charge in [0, 0.05) is 41.0 Å².